The lowest BCUT2D eigenvalue weighted by Crippen LogP contribution is -2.03. The number of hydrogen-bond acceptors (Lipinski definition) is 5. The minimum absolute atomic E-state index is 0.567. The summed E-state index contributed by atoms with van der Waals surface area (Å²) in [6.45, 7) is 4.35. The summed E-state index contributed by atoms with van der Waals surface area (Å²) < 4.78 is 5.14. The molecule has 0 radical (unpaired) electrons. The van der Waals surface area contributed by atoms with Crippen LogP contribution in [0, 0.1) is 25.2 Å². The van der Waals surface area contributed by atoms with Crippen LogP contribution < -0.4 is 5.32 Å². The Kier molecular flexibility index (Phi) is 3.28. The second kappa shape index (κ2) is 5.25. The van der Waals surface area contributed by atoms with E-state index in [1.165, 1.54) is 0 Å². The summed E-state index contributed by atoms with van der Waals surface area (Å²) in [7, 11) is 0. The number of anilines is 1. The highest BCUT2D eigenvalue weighted by Crippen LogP contribution is 2.21. The first-order chi connectivity index (χ1) is 10.2. The van der Waals surface area contributed by atoms with Gasteiger partial charge in [-0.05, 0) is 26.0 Å². The fourth-order valence-electron chi connectivity index (χ4n) is 2.29. The third-order valence-electron chi connectivity index (χ3n) is 3.46. The molecule has 0 saturated carbocycles. The van der Waals surface area contributed by atoms with E-state index in [2.05, 4.69) is 21.5 Å². The van der Waals surface area contributed by atoms with Crippen molar-refractivity contribution >= 4 is 16.7 Å². The Bertz CT molecular complexity index is 826. The zero-order valence-electron chi connectivity index (χ0n) is 11.8. The number of para-hydroxylation sites is 1. The third kappa shape index (κ3) is 2.43. The molecule has 21 heavy (non-hydrogen) atoms. The molecule has 3 aromatic rings. The first-order valence-corrected chi connectivity index (χ1v) is 6.64. The Balaban J connectivity index is 1.93. The second-order valence-corrected chi connectivity index (χ2v) is 4.84. The second-order valence-electron chi connectivity index (χ2n) is 4.84. The van der Waals surface area contributed by atoms with Crippen LogP contribution in [0.2, 0.25) is 0 Å². The minimum Gasteiger partial charge on any atom is -0.366 e. The minimum atomic E-state index is 0.567. The Labute approximate surface area is 122 Å². The molecule has 2 aromatic heterocycles. The van der Waals surface area contributed by atoms with Crippen LogP contribution in [0.5, 0.6) is 0 Å². The predicted octanol–water partition coefficient (Wildman–Crippen LogP) is 3.32. The van der Waals surface area contributed by atoms with Crippen LogP contribution in [0.4, 0.5) is 5.82 Å². The summed E-state index contributed by atoms with van der Waals surface area (Å²) in [6, 6.07) is 11.6. The first kappa shape index (κ1) is 13.1. The number of pyridine rings is 1. The summed E-state index contributed by atoms with van der Waals surface area (Å²) >= 11 is 0. The van der Waals surface area contributed by atoms with Crippen molar-refractivity contribution in [3.8, 4) is 6.07 Å². The maximum absolute atomic E-state index is 9.27. The van der Waals surface area contributed by atoms with Crippen molar-refractivity contribution < 1.29 is 4.52 Å². The molecule has 104 valence electrons. The van der Waals surface area contributed by atoms with Gasteiger partial charge in [-0.2, -0.15) is 5.26 Å². The van der Waals surface area contributed by atoms with Gasteiger partial charge in [-0.25, -0.2) is 4.98 Å². The van der Waals surface area contributed by atoms with Gasteiger partial charge in [0.25, 0.3) is 0 Å². The van der Waals surface area contributed by atoms with Gasteiger partial charge >= 0.3 is 0 Å². The van der Waals surface area contributed by atoms with E-state index in [1.54, 1.807) is 6.07 Å². The number of fused-ring (bicyclic) bond motifs is 1. The van der Waals surface area contributed by atoms with Gasteiger partial charge in [0, 0.05) is 17.5 Å². The van der Waals surface area contributed by atoms with Crippen molar-refractivity contribution in [3.63, 3.8) is 0 Å². The first-order valence-electron chi connectivity index (χ1n) is 6.64. The SMILES string of the molecule is Cc1noc(C)c1CNc1cc(C#N)c2ccccc2n1. The molecular weight excluding hydrogens is 264 g/mol. The van der Waals surface area contributed by atoms with E-state index in [9.17, 15) is 5.26 Å². The third-order valence-corrected chi connectivity index (χ3v) is 3.46. The van der Waals surface area contributed by atoms with E-state index < -0.39 is 0 Å². The van der Waals surface area contributed by atoms with Gasteiger partial charge in [0.15, 0.2) is 0 Å². The summed E-state index contributed by atoms with van der Waals surface area (Å²) in [5.74, 6) is 1.46. The van der Waals surface area contributed by atoms with Crippen LogP contribution in [-0.4, -0.2) is 10.1 Å². The lowest BCUT2D eigenvalue weighted by molar-refractivity contribution is 0.392. The lowest BCUT2D eigenvalue weighted by Gasteiger charge is -2.08. The molecule has 0 amide bonds. The monoisotopic (exact) mass is 278 g/mol. The van der Waals surface area contributed by atoms with Gasteiger partial charge in [-0.3, -0.25) is 0 Å². The van der Waals surface area contributed by atoms with E-state index in [4.69, 9.17) is 4.52 Å². The molecule has 3 rings (SSSR count). The Morgan fingerprint density at radius 3 is 2.81 bits per heavy atom. The fraction of sp³-hybridized carbons (Fsp3) is 0.188. The largest absolute Gasteiger partial charge is 0.366 e. The molecule has 0 spiro atoms. The smallest absolute Gasteiger partial charge is 0.138 e. The molecule has 0 atom stereocenters. The van der Waals surface area contributed by atoms with Crippen LogP contribution in [-0.2, 0) is 6.54 Å². The van der Waals surface area contributed by atoms with Gasteiger partial charge in [-0.15, -0.1) is 0 Å². The molecule has 0 fully saturated rings. The highest BCUT2D eigenvalue weighted by molar-refractivity contribution is 5.86. The van der Waals surface area contributed by atoms with Crippen LogP contribution in [0.1, 0.15) is 22.6 Å². The molecular formula is C16H14N4O. The number of aryl methyl sites for hydroxylation is 2. The average Bonchev–Trinajstić information content (AvgIpc) is 2.83. The van der Waals surface area contributed by atoms with Gasteiger partial charge < -0.3 is 9.84 Å². The molecule has 0 aliphatic carbocycles. The topological polar surface area (TPSA) is 74.7 Å². The van der Waals surface area contributed by atoms with E-state index >= 15 is 0 Å². The van der Waals surface area contributed by atoms with Crippen LogP contribution in [0.15, 0.2) is 34.9 Å². The quantitative estimate of drug-likeness (QED) is 0.795. The summed E-state index contributed by atoms with van der Waals surface area (Å²) in [5, 5.41) is 17.3. The molecule has 0 aliphatic heterocycles. The molecule has 0 unspecified atom stereocenters. The van der Waals surface area contributed by atoms with Crippen molar-refractivity contribution in [3.05, 3.63) is 52.9 Å². The number of nitrogens with one attached hydrogen (secondary N) is 1. The molecule has 0 bridgehead atoms. The Morgan fingerprint density at radius 1 is 1.29 bits per heavy atom. The van der Waals surface area contributed by atoms with Crippen LogP contribution in [0.3, 0.4) is 0 Å². The predicted molar refractivity (Wildman–Crippen MR) is 79.8 cm³/mol. The van der Waals surface area contributed by atoms with E-state index in [0.29, 0.717) is 17.9 Å². The summed E-state index contributed by atoms with van der Waals surface area (Å²) in [4.78, 5) is 4.53. The number of rotatable bonds is 3. The van der Waals surface area contributed by atoms with Crippen molar-refractivity contribution in [2.75, 3.05) is 5.32 Å². The molecule has 0 saturated heterocycles. The average molecular weight is 278 g/mol. The normalized spacial score (nSPS) is 10.5. The molecule has 5 nitrogen and oxygen atoms in total. The number of nitrogens with zero attached hydrogens (tertiary/aromatic N) is 3. The van der Waals surface area contributed by atoms with Crippen LogP contribution >= 0.6 is 0 Å². The molecule has 5 heteroatoms. The summed E-state index contributed by atoms with van der Waals surface area (Å²) in [6.07, 6.45) is 0. The standard InChI is InChI=1S/C16H14N4O/c1-10-14(11(2)21-20-10)9-18-16-7-12(8-17)13-5-3-4-6-15(13)19-16/h3-7H,9H2,1-2H3,(H,18,19). The maximum Gasteiger partial charge on any atom is 0.138 e. The molecule has 1 aromatic carbocycles. The van der Waals surface area contributed by atoms with Gasteiger partial charge in [0.2, 0.25) is 0 Å². The molecule has 0 aliphatic rings. The number of aromatic nitrogens is 2. The van der Waals surface area contributed by atoms with Crippen molar-refractivity contribution in [1.29, 1.82) is 5.26 Å². The van der Waals surface area contributed by atoms with E-state index in [0.717, 1.165) is 27.9 Å². The fourth-order valence-corrected chi connectivity index (χ4v) is 2.29. The number of hydrogen-bond donors (Lipinski definition) is 1. The Hall–Kier alpha value is -2.87. The number of nitriles is 1. The van der Waals surface area contributed by atoms with E-state index in [-0.39, 0.29) is 0 Å². The van der Waals surface area contributed by atoms with Crippen molar-refractivity contribution in [2.45, 2.75) is 20.4 Å². The van der Waals surface area contributed by atoms with Crippen LogP contribution in [0.25, 0.3) is 10.9 Å². The van der Waals surface area contributed by atoms with Gasteiger partial charge in [-0.1, -0.05) is 23.4 Å². The molecule has 1 N–H and O–H groups in total. The zero-order valence-corrected chi connectivity index (χ0v) is 11.8. The van der Waals surface area contributed by atoms with Gasteiger partial charge in [0.05, 0.1) is 22.8 Å². The van der Waals surface area contributed by atoms with E-state index in [1.807, 2.05) is 38.1 Å². The van der Waals surface area contributed by atoms with Gasteiger partial charge in [0.1, 0.15) is 11.6 Å². The van der Waals surface area contributed by atoms with Crippen molar-refractivity contribution in [2.24, 2.45) is 0 Å². The number of benzene rings is 1. The summed E-state index contributed by atoms with van der Waals surface area (Å²) in [5.41, 5.74) is 3.30. The lowest BCUT2D eigenvalue weighted by atomic mass is 10.1. The highest BCUT2D eigenvalue weighted by Gasteiger charge is 2.10. The maximum atomic E-state index is 9.27. The zero-order chi connectivity index (χ0) is 14.8. The molecule has 2 heterocycles. The highest BCUT2D eigenvalue weighted by atomic mass is 16.5. The van der Waals surface area contributed by atoms with Crippen molar-refractivity contribution in [1.82, 2.24) is 10.1 Å². The Morgan fingerprint density at radius 2 is 2.10 bits per heavy atom.